The molecule has 3 aromatic rings. The number of aryl methyl sites for hydroxylation is 1. The fraction of sp³-hybridized carbons (Fsp3) is 0.200. The first kappa shape index (κ1) is 19.1. The lowest BCUT2D eigenvalue weighted by Gasteiger charge is -2.16. The molecule has 0 fully saturated rings. The van der Waals surface area contributed by atoms with Gasteiger partial charge in [0.1, 0.15) is 17.6 Å². The highest BCUT2D eigenvalue weighted by Crippen LogP contribution is 2.18. The molecule has 3 rings (SSSR count). The first-order valence-corrected chi connectivity index (χ1v) is 8.72. The normalized spacial score (nSPS) is 11.5. The minimum atomic E-state index is -0.517. The van der Waals surface area contributed by atoms with E-state index in [1.54, 1.807) is 38.3 Å². The summed E-state index contributed by atoms with van der Waals surface area (Å²) in [6.07, 6.45) is 0. The van der Waals surface area contributed by atoms with Gasteiger partial charge in [-0.3, -0.25) is 14.7 Å². The van der Waals surface area contributed by atoms with Crippen LogP contribution in [-0.4, -0.2) is 40.7 Å². The number of aromatic nitrogens is 3. The lowest BCUT2D eigenvalue weighted by Crippen LogP contribution is -2.39. The van der Waals surface area contributed by atoms with Crippen molar-refractivity contribution in [3.05, 3.63) is 77.4 Å². The molecule has 0 aliphatic carbocycles. The van der Waals surface area contributed by atoms with Crippen LogP contribution in [0.1, 0.15) is 33.6 Å². The van der Waals surface area contributed by atoms with Crippen molar-refractivity contribution in [2.45, 2.75) is 13.0 Å². The van der Waals surface area contributed by atoms with Crippen LogP contribution in [0.2, 0.25) is 0 Å². The quantitative estimate of drug-likeness (QED) is 0.580. The third-order valence-corrected chi connectivity index (χ3v) is 4.07. The predicted molar refractivity (Wildman–Crippen MR) is 103 cm³/mol. The van der Waals surface area contributed by atoms with Gasteiger partial charge in [-0.05, 0) is 36.8 Å². The Labute approximate surface area is 162 Å². The molecule has 8 heteroatoms. The molecule has 0 bridgehead atoms. The van der Waals surface area contributed by atoms with Gasteiger partial charge in [0.2, 0.25) is 5.91 Å². The molecule has 0 saturated carbocycles. The van der Waals surface area contributed by atoms with Gasteiger partial charge >= 0.3 is 0 Å². The summed E-state index contributed by atoms with van der Waals surface area (Å²) in [5.41, 5.74) is 1.29. The van der Waals surface area contributed by atoms with Crippen molar-refractivity contribution in [2.24, 2.45) is 0 Å². The highest BCUT2D eigenvalue weighted by atomic mass is 16.5. The molecule has 28 heavy (non-hydrogen) atoms. The number of nitrogens with zero attached hydrogens (tertiary/aromatic N) is 2. The molecular formula is C20H21N5O3. The summed E-state index contributed by atoms with van der Waals surface area (Å²) in [5.74, 6) is 1.07. The maximum atomic E-state index is 12.4. The fourth-order valence-electron chi connectivity index (χ4n) is 2.65. The van der Waals surface area contributed by atoms with E-state index in [2.05, 4.69) is 25.8 Å². The Kier molecular flexibility index (Phi) is 6.01. The Morgan fingerprint density at radius 1 is 1.11 bits per heavy atom. The zero-order chi connectivity index (χ0) is 19.9. The third-order valence-electron chi connectivity index (χ3n) is 4.07. The molecule has 0 aliphatic heterocycles. The smallest absolute Gasteiger partial charge is 0.251 e. The Balaban J connectivity index is 1.64. The molecule has 1 unspecified atom stereocenters. The van der Waals surface area contributed by atoms with E-state index in [0.717, 1.165) is 5.56 Å². The van der Waals surface area contributed by atoms with E-state index in [1.165, 1.54) is 0 Å². The highest BCUT2D eigenvalue weighted by Gasteiger charge is 2.21. The Morgan fingerprint density at radius 3 is 2.43 bits per heavy atom. The summed E-state index contributed by atoms with van der Waals surface area (Å²) in [5, 5.41) is 12.4. The summed E-state index contributed by atoms with van der Waals surface area (Å²) in [6.45, 7) is 1.62. The number of carbonyl (C=O) groups excluding carboxylic acids is 2. The maximum absolute atomic E-state index is 12.4. The van der Waals surface area contributed by atoms with Crippen molar-refractivity contribution < 1.29 is 14.3 Å². The molecule has 3 N–H and O–H groups in total. The second-order valence-electron chi connectivity index (χ2n) is 6.10. The maximum Gasteiger partial charge on any atom is 0.251 e. The molecule has 1 atom stereocenters. The van der Waals surface area contributed by atoms with Gasteiger partial charge in [-0.1, -0.05) is 30.3 Å². The summed E-state index contributed by atoms with van der Waals surface area (Å²) in [4.78, 5) is 29.0. The number of nitrogens with one attached hydrogen (secondary N) is 3. The molecule has 0 spiro atoms. The van der Waals surface area contributed by atoms with Crippen LogP contribution in [0.5, 0.6) is 5.75 Å². The summed E-state index contributed by atoms with van der Waals surface area (Å²) in [7, 11) is 1.55. The number of carbonyl (C=O) groups is 2. The van der Waals surface area contributed by atoms with Gasteiger partial charge in [-0.15, -0.1) is 0 Å². The van der Waals surface area contributed by atoms with Gasteiger partial charge in [-0.2, -0.15) is 5.10 Å². The van der Waals surface area contributed by atoms with Crippen molar-refractivity contribution in [2.75, 3.05) is 13.7 Å². The van der Waals surface area contributed by atoms with Gasteiger partial charge < -0.3 is 15.4 Å². The van der Waals surface area contributed by atoms with E-state index in [-0.39, 0.29) is 18.4 Å². The van der Waals surface area contributed by atoms with Crippen LogP contribution in [0.15, 0.2) is 54.6 Å². The van der Waals surface area contributed by atoms with E-state index in [9.17, 15) is 9.59 Å². The molecule has 0 saturated heterocycles. The van der Waals surface area contributed by atoms with Crippen LogP contribution in [0.4, 0.5) is 0 Å². The largest absolute Gasteiger partial charge is 0.497 e. The van der Waals surface area contributed by atoms with E-state index in [4.69, 9.17) is 4.74 Å². The minimum absolute atomic E-state index is 0.169. The third kappa shape index (κ3) is 4.73. The van der Waals surface area contributed by atoms with Crippen LogP contribution in [0, 0.1) is 6.92 Å². The second kappa shape index (κ2) is 8.81. The zero-order valence-electron chi connectivity index (χ0n) is 15.6. The number of aromatic amines is 1. The lowest BCUT2D eigenvalue weighted by atomic mass is 10.1. The van der Waals surface area contributed by atoms with Crippen LogP contribution in [-0.2, 0) is 4.79 Å². The predicted octanol–water partition coefficient (Wildman–Crippen LogP) is 1.76. The number of ether oxygens (including phenoxy) is 1. The van der Waals surface area contributed by atoms with Gasteiger partial charge in [0, 0.05) is 5.56 Å². The zero-order valence-corrected chi connectivity index (χ0v) is 15.6. The number of hydrogen-bond acceptors (Lipinski definition) is 5. The van der Waals surface area contributed by atoms with Gasteiger partial charge in [0.15, 0.2) is 5.82 Å². The molecule has 8 nitrogen and oxygen atoms in total. The van der Waals surface area contributed by atoms with Crippen molar-refractivity contribution in [1.29, 1.82) is 0 Å². The van der Waals surface area contributed by atoms with E-state index in [1.807, 2.05) is 30.3 Å². The summed E-state index contributed by atoms with van der Waals surface area (Å²) in [6, 6.07) is 15.5. The van der Waals surface area contributed by atoms with Gasteiger partial charge in [0.25, 0.3) is 5.91 Å². The molecule has 1 heterocycles. The number of hydrogen-bond donors (Lipinski definition) is 3. The van der Waals surface area contributed by atoms with Crippen LogP contribution >= 0.6 is 0 Å². The monoisotopic (exact) mass is 379 g/mol. The first-order chi connectivity index (χ1) is 13.6. The Hall–Kier alpha value is -3.68. The van der Waals surface area contributed by atoms with Crippen molar-refractivity contribution in [3.63, 3.8) is 0 Å². The van der Waals surface area contributed by atoms with Crippen molar-refractivity contribution >= 4 is 11.8 Å². The standard InChI is InChI=1S/C20H21N5O3/c1-13-22-19(25-24-13)18(14-6-4-3-5-7-14)23-17(26)12-21-20(27)15-8-10-16(28-2)11-9-15/h3-11,18H,12H2,1-2H3,(H,21,27)(H,23,26)(H,22,24,25). The topological polar surface area (TPSA) is 109 Å². The van der Waals surface area contributed by atoms with E-state index < -0.39 is 6.04 Å². The van der Waals surface area contributed by atoms with Crippen LogP contribution in [0.25, 0.3) is 0 Å². The van der Waals surface area contributed by atoms with Crippen molar-refractivity contribution in [3.8, 4) is 5.75 Å². The number of H-pyrrole nitrogens is 1. The van der Waals surface area contributed by atoms with Crippen molar-refractivity contribution in [1.82, 2.24) is 25.8 Å². The van der Waals surface area contributed by atoms with Crippen LogP contribution in [0.3, 0.4) is 0 Å². The Bertz CT molecular complexity index is 938. The molecule has 2 aromatic carbocycles. The molecule has 0 aliphatic rings. The summed E-state index contributed by atoms with van der Waals surface area (Å²) >= 11 is 0. The molecule has 2 amide bonds. The number of amides is 2. The van der Waals surface area contributed by atoms with Gasteiger partial charge in [-0.25, -0.2) is 4.98 Å². The lowest BCUT2D eigenvalue weighted by molar-refractivity contribution is -0.120. The molecular weight excluding hydrogens is 358 g/mol. The number of rotatable bonds is 7. The second-order valence-corrected chi connectivity index (χ2v) is 6.10. The fourth-order valence-corrected chi connectivity index (χ4v) is 2.65. The highest BCUT2D eigenvalue weighted by molar-refractivity contribution is 5.96. The summed E-state index contributed by atoms with van der Waals surface area (Å²) < 4.78 is 5.07. The average molecular weight is 379 g/mol. The van der Waals surface area contributed by atoms with E-state index >= 15 is 0 Å². The minimum Gasteiger partial charge on any atom is -0.497 e. The molecule has 0 radical (unpaired) electrons. The van der Waals surface area contributed by atoms with E-state index in [0.29, 0.717) is 23.0 Å². The molecule has 1 aromatic heterocycles. The van der Waals surface area contributed by atoms with Crippen LogP contribution < -0.4 is 15.4 Å². The van der Waals surface area contributed by atoms with Gasteiger partial charge in [0.05, 0.1) is 13.7 Å². The Morgan fingerprint density at radius 2 is 1.82 bits per heavy atom. The molecule has 144 valence electrons. The number of benzene rings is 2. The number of methoxy groups -OCH3 is 1. The average Bonchev–Trinajstić information content (AvgIpc) is 3.17. The SMILES string of the molecule is COc1ccc(C(=O)NCC(=O)NC(c2ccccc2)c2n[nH]c(C)n2)cc1. The first-order valence-electron chi connectivity index (χ1n) is 8.72.